The zero-order valence-corrected chi connectivity index (χ0v) is 20.6. The number of thioether (sulfide) groups is 1. The molecule has 1 aliphatic heterocycles. The average molecular weight is 495 g/mol. The number of rotatable bonds is 11. The third kappa shape index (κ3) is 8.10. The van der Waals surface area contributed by atoms with Crippen molar-refractivity contribution in [3.8, 4) is 0 Å². The van der Waals surface area contributed by atoms with E-state index in [9.17, 15) is 13.2 Å². The van der Waals surface area contributed by atoms with Crippen molar-refractivity contribution in [3.05, 3.63) is 70.7 Å². The normalized spacial score (nSPS) is 17.2. The van der Waals surface area contributed by atoms with Crippen molar-refractivity contribution < 1.29 is 13.2 Å². The van der Waals surface area contributed by atoms with Crippen LogP contribution < -0.4 is 5.32 Å². The lowest BCUT2D eigenvalue weighted by molar-refractivity contribution is -0.125. The molecule has 1 N–H and O–H groups in total. The molecule has 0 bridgehead atoms. The van der Waals surface area contributed by atoms with Gasteiger partial charge in [-0.15, -0.1) is 0 Å². The minimum absolute atomic E-state index is 0.0439. The number of piperidine rings is 1. The van der Waals surface area contributed by atoms with Crippen molar-refractivity contribution in [2.45, 2.75) is 31.4 Å². The van der Waals surface area contributed by atoms with E-state index in [2.05, 4.69) is 5.32 Å². The number of carbonyl (C=O) groups is 1. The second-order valence-electron chi connectivity index (χ2n) is 8.08. The molecular formula is C24H31ClN2O3S2. The van der Waals surface area contributed by atoms with Crippen LogP contribution in [0.2, 0.25) is 5.02 Å². The van der Waals surface area contributed by atoms with E-state index in [0.717, 1.165) is 46.9 Å². The fourth-order valence-electron chi connectivity index (χ4n) is 3.85. The summed E-state index contributed by atoms with van der Waals surface area (Å²) in [4.78, 5) is 12.6. The molecule has 8 heteroatoms. The van der Waals surface area contributed by atoms with E-state index in [1.165, 1.54) is 4.31 Å². The highest BCUT2D eigenvalue weighted by Gasteiger charge is 2.31. The lowest BCUT2D eigenvalue weighted by atomic mass is 9.99. The molecule has 1 fully saturated rings. The molecule has 0 aromatic heterocycles. The Kier molecular flexibility index (Phi) is 9.91. The van der Waals surface area contributed by atoms with Crippen LogP contribution in [-0.2, 0) is 27.0 Å². The summed E-state index contributed by atoms with van der Waals surface area (Å²) < 4.78 is 27.1. The minimum Gasteiger partial charge on any atom is -0.355 e. The number of nitrogens with one attached hydrogen (secondary N) is 1. The number of halogens is 1. The molecular weight excluding hydrogens is 464 g/mol. The molecule has 5 nitrogen and oxygen atoms in total. The number of nitrogens with zero attached hydrogens (tertiary/aromatic N) is 1. The molecule has 174 valence electrons. The third-order valence-corrected chi connectivity index (χ3v) is 8.75. The number of benzene rings is 2. The van der Waals surface area contributed by atoms with Gasteiger partial charge in [0.25, 0.3) is 0 Å². The summed E-state index contributed by atoms with van der Waals surface area (Å²) >= 11 is 7.74. The van der Waals surface area contributed by atoms with Gasteiger partial charge < -0.3 is 5.32 Å². The Morgan fingerprint density at radius 2 is 1.91 bits per heavy atom. The topological polar surface area (TPSA) is 66.5 Å². The smallest absolute Gasteiger partial charge is 0.224 e. The summed E-state index contributed by atoms with van der Waals surface area (Å²) in [5.74, 6) is 1.45. The van der Waals surface area contributed by atoms with Crippen LogP contribution in [0, 0.1) is 5.92 Å². The van der Waals surface area contributed by atoms with Crippen LogP contribution in [-0.4, -0.2) is 49.8 Å². The van der Waals surface area contributed by atoms with Gasteiger partial charge in [-0.05, 0) is 48.9 Å². The first-order valence-corrected chi connectivity index (χ1v) is 14.2. The highest BCUT2D eigenvalue weighted by atomic mass is 35.5. The van der Waals surface area contributed by atoms with Gasteiger partial charge in [0, 0.05) is 36.2 Å². The zero-order chi connectivity index (χ0) is 22.8. The monoisotopic (exact) mass is 494 g/mol. The summed E-state index contributed by atoms with van der Waals surface area (Å²) in [6.07, 6.45) is 2.78. The zero-order valence-electron chi connectivity index (χ0n) is 18.2. The Balaban J connectivity index is 1.37. The Morgan fingerprint density at radius 3 is 2.69 bits per heavy atom. The van der Waals surface area contributed by atoms with E-state index < -0.39 is 10.0 Å². The van der Waals surface area contributed by atoms with Crippen molar-refractivity contribution in [2.24, 2.45) is 5.92 Å². The third-order valence-electron chi connectivity index (χ3n) is 5.56. The summed E-state index contributed by atoms with van der Waals surface area (Å²) in [5.41, 5.74) is 2.31. The van der Waals surface area contributed by atoms with Gasteiger partial charge in [0.2, 0.25) is 15.9 Å². The van der Waals surface area contributed by atoms with Gasteiger partial charge >= 0.3 is 0 Å². The predicted octanol–water partition coefficient (Wildman–Crippen LogP) is 4.36. The van der Waals surface area contributed by atoms with Crippen molar-refractivity contribution in [1.29, 1.82) is 0 Å². The van der Waals surface area contributed by atoms with Crippen LogP contribution >= 0.6 is 23.4 Å². The van der Waals surface area contributed by atoms with E-state index in [0.29, 0.717) is 19.5 Å². The summed E-state index contributed by atoms with van der Waals surface area (Å²) in [7, 11) is -3.34. The van der Waals surface area contributed by atoms with Crippen LogP contribution in [0.15, 0.2) is 54.6 Å². The van der Waals surface area contributed by atoms with Crippen LogP contribution in [0.1, 0.15) is 30.4 Å². The molecule has 1 saturated heterocycles. The van der Waals surface area contributed by atoms with E-state index in [1.54, 1.807) is 11.8 Å². The highest BCUT2D eigenvalue weighted by molar-refractivity contribution is 7.98. The predicted molar refractivity (Wildman–Crippen MR) is 133 cm³/mol. The van der Waals surface area contributed by atoms with E-state index >= 15 is 0 Å². The van der Waals surface area contributed by atoms with Crippen molar-refractivity contribution in [3.63, 3.8) is 0 Å². The Bertz CT molecular complexity index is 970. The summed E-state index contributed by atoms with van der Waals surface area (Å²) in [5, 5.41) is 3.71. The molecule has 0 aliphatic carbocycles. The largest absolute Gasteiger partial charge is 0.355 e. The van der Waals surface area contributed by atoms with Crippen LogP contribution in [0.25, 0.3) is 0 Å². The summed E-state index contributed by atoms with van der Waals surface area (Å²) in [6, 6.07) is 17.7. The maximum absolute atomic E-state index is 12.8. The van der Waals surface area contributed by atoms with Crippen LogP contribution in [0.5, 0.6) is 0 Å². The standard InChI is InChI=1S/C24H31ClN2O3S2/c25-23-12-4-9-21(17-23)19-31-15-13-26-24(28)22-11-5-14-27(18-22)32(29,30)16-6-10-20-7-2-1-3-8-20/h1-4,7-9,12,17,22H,5-6,10-11,13-16,18-19H2,(H,26,28)/t22-/m1/s1. The number of sulfonamides is 1. The number of hydrogen-bond donors (Lipinski definition) is 1. The second kappa shape index (κ2) is 12.6. The van der Waals surface area contributed by atoms with Gasteiger partial charge in [0.15, 0.2) is 0 Å². The van der Waals surface area contributed by atoms with Crippen LogP contribution in [0.3, 0.4) is 0 Å². The molecule has 3 rings (SSSR count). The number of amides is 1. The molecule has 0 saturated carbocycles. The molecule has 32 heavy (non-hydrogen) atoms. The number of aryl methyl sites for hydroxylation is 1. The molecule has 0 spiro atoms. The van der Waals surface area contributed by atoms with E-state index in [-0.39, 0.29) is 24.1 Å². The maximum Gasteiger partial charge on any atom is 0.224 e. The Labute approximate surface area is 201 Å². The lowest BCUT2D eigenvalue weighted by Crippen LogP contribution is -2.46. The average Bonchev–Trinajstić information content (AvgIpc) is 2.79. The van der Waals surface area contributed by atoms with E-state index in [1.807, 2.05) is 54.6 Å². The second-order valence-corrected chi connectivity index (χ2v) is 11.7. The Hall–Kier alpha value is -1.54. The fraction of sp³-hybridized carbons (Fsp3) is 0.458. The number of hydrogen-bond acceptors (Lipinski definition) is 4. The lowest BCUT2D eigenvalue weighted by Gasteiger charge is -2.31. The van der Waals surface area contributed by atoms with Gasteiger partial charge in [-0.2, -0.15) is 11.8 Å². The quantitative estimate of drug-likeness (QED) is 0.471. The van der Waals surface area contributed by atoms with Gasteiger partial charge in [0.05, 0.1) is 11.7 Å². The molecule has 1 heterocycles. The molecule has 1 aliphatic rings. The van der Waals surface area contributed by atoms with Gasteiger partial charge in [-0.1, -0.05) is 54.1 Å². The molecule has 1 atom stereocenters. The molecule has 2 aromatic carbocycles. The van der Waals surface area contributed by atoms with Crippen molar-refractivity contribution in [1.82, 2.24) is 9.62 Å². The van der Waals surface area contributed by atoms with Gasteiger partial charge in [0.1, 0.15) is 0 Å². The molecule has 0 unspecified atom stereocenters. The number of carbonyl (C=O) groups excluding carboxylic acids is 1. The first-order chi connectivity index (χ1) is 15.4. The molecule has 2 aromatic rings. The SMILES string of the molecule is O=C(NCCSCc1cccc(Cl)c1)[C@@H]1CCCN(S(=O)(=O)CCCc2ccccc2)C1. The minimum atomic E-state index is -3.34. The highest BCUT2D eigenvalue weighted by Crippen LogP contribution is 2.21. The van der Waals surface area contributed by atoms with Crippen LogP contribution in [0.4, 0.5) is 0 Å². The van der Waals surface area contributed by atoms with Crippen molar-refractivity contribution in [2.75, 3.05) is 31.1 Å². The van der Waals surface area contributed by atoms with E-state index in [4.69, 9.17) is 11.6 Å². The fourth-order valence-corrected chi connectivity index (χ4v) is 6.45. The molecule has 0 radical (unpaired) electrons. The summed E-state index contributed by atoms with van der Waals surface area (Å²) in [6.45, 7) is 1.37. The first kappa shape index (κ1) is 25.1. The first-order valence-electron chi connectivity index (χ1n) is 11.1. The molecule has 1 amide bonds. The Morgan fingerprint density at radius 1 is 1.12 bits per heavy atom. The van der Waals surface area contributed by atoms with Crippen molar-refractivity contribution >= 4 is 39.3 Å². The maximum atomic E-state index is 12.8. The van der Waals surface area contributed by atoms with Gasteiger partial charge in [-0.3, -0.25) is 4.79 Å². The van der Waals surface area contributed by atoms with Gasteiger partial charge in [-0.25, -0.2) is 12.7 Å².